The van der Waals surface area contributed by atoms with Crippen molar-refractivity contribution in [3.63, 3.8) is 0 Å². The Balaban J connectivity index is 1.65. The molecule has 128 valence electrons. The lowest BCUT2D eigenvalue weighted by molar-refractivity contribution is -0.125. The van der Waals surface area contributed by atoms with Gasteiger partial charge in [-0.3, -0.25) is 4.79 Å². The van der Waals surface area contributed by atoms with E-state index in [1.165, 1.54) is 44.1 Å². The summed E-state index contributed by atoms with van der Waals surface area (Å²) in [5, 5.41) is 11.2. The van der Waals surface area contributed by atoms with Gasteiger partial charge in [-0.05, 0) is 88.0 Å². The van der Waals surface area contributed by atoms with Crippen LogP contribution in [0.5, 0.6) is 0 Å². The molecule has 23 heavy (non-hydrogen) atoms. The monoisotopic (exact) mass is 316 g/mol. The van der Waals surface area contributed by atoms with Crippen LogP contribution < -0.4 is 0 Å². The number of carbonyl (C=O) groups excluding carboxylic acids is 1. The summed E-state index contributed by atoms with van der Waals surface area (Å²) >= 11 is 0. The summed E-state index contributed by atoms with van der Waals surface area (Å²) in [6.07, 6.45) is 13.3. The van der Waals surface area contributed by atoms with Crippen LogP contribution in [0.25, 0.3) is 0 Å². The Kier molecular flexibility index (Phi) is 3.75. The molecule has 0 amide bonds. The number of rotatable bonds is 2. The summed E-state index contributed by atoms with van der Waals surface area (Å²) in [4.78, 5) is 11.8. The maximum Gasteiger partial charge on any atom is 0.155 e. The van der Waals surface area contributed by atoms with Crippen molar-refractivity contribution >= 4 is 5.78 Å². The van der Waals surface area contributed by atoms with Crippen LogP contribution in [0.4, 0.5) is 0 Å². The van der Waals surface area contributed by atoms with Gasteiger partial charge < -0.3 is 5.11 Å². The molecule has 0 radical (unpaired) electrons. The Morgan fingerprint density at radius 3 is 2.74 bits per heavy atom. The summed E-state index contributed by atoms with van der Waals surface area (Å²) in [5.74, 6) is 3.33. The molecule has 2 nitrogen and oxygen atoms in total. The van der Waals surface area contributed by atoms with Crippen LogP contribution in [0, 0.1) is 29.1 Å². The number of allylic oxidation sites excluding steroid dienone is 1. The van der Waals surface area contributed by atoms with Gasteiger partial charge in [-0.25, -0.2) is 0 Å². The minimum absolute atomic E-state index is 0.175. The van der Waals surface area contributed by atoms with Gasteiger partial charge in [0.05, 0.1) is 5.60 Å². The molecule has 0 unspecified atom stereocenters. The number of aliphatic hydroxyl groups is 1. The maximum atomic E-state index is 11.8. The minimum Gasteiger partial charge on any atom is -0.390 e. The highest BCUT2D eigenvalue weighted by Crippen LogP contribution is 2.66. The predicted molar refractivity (Wildman–Crippen MR) is 92.0 cm³/mol. The van der Waals surface area contributed by atoms with Crippen molar-refractivity contribution < 1.29 is 9.90 Å². The third kappa shape index (κ3) is 2.20. The van der Waals surface area contributed by atoms with E-state index in [1.807, 2.05) is 6.08 Å². The van der Waals surface area contributed by atoms with Crippen LogP contribution in [-0.4, -0.2) is 16.5 Å². The van der Waals surface area contributed by atoms with Crippen LogP contribution in [0.2, 0.25) is 0 Å². The summed E-state index contributed by atoms with van der Waals surface area (Å²) in [5.41, 5.74) is 1.18. The van der Waals surface area contributed by atoms with Gasteiger partial charge in [0.1, 0.15) is 0 Å². The molecular weight excluding hydrogens is 284 g/mol. The minimum atomic E-state index is -0.461. The summed E-state index contributed by atoms with van der Waals surface area (Å²) in [6.45, 7) is 4.40. The van der Waals surface area contributed by atoms with Gasteiger partial charge in [-0.15, -0.1) is 0 Å². The molecule has 4 rings (SSSR count). The van der Waals surface area contributed by atoms with E-state index < -0.39 is 5.60 Å². The van der Waals surface area contributed by atoms with Crippen molar-refractivity contribution in [1.29, 1.82) is 0 Å². The number of ketones is 1. The molecule has 0 aromatic carbocycles. The fourth-order valence-electron chi connectivity index (χ4n) is 7.27. The molecule has 0 bridgehead atoms. The molecule has 0 aromatic rings. The summed E-state index contributed by atoms with van der Waals surface area (Å²) in [6, 6.07) is 0. The largest absolute Gasteiger partial charge is 0.390 e. The Bertz CT molecular complexity index is 532. The average molecular weight is 316 g/mol. The van der Waals surface area contributed by atoms with Crippen LogP contribution in [-0.2, 0) is 4.79 Å². The number of carbonyl (C=O) groups is 1. The molecule has 0 saturated heterocycles. The van der Waals surface area contributed by atoms with E-state index in [4.69, 9.17) is 0 Å². The zero-order valence-corrected chi connectivity index (χ0v) is 14.8. The Hall–Kier alpha value is -0.630. The quantitative estimate of drug-likeness (QED) is 0.804. The van der Waals surface area contributed by atoms with Gasteiger partial charge in [-0.1, -0.05) is 18.9 Å². The normalized spacial score (nSPS) is 49.2. The Morgan fingerprint density at radius 2 is 1.96 bits per heavy atom. The SMILES string of the molecule is CCC[C@]12CC[C@H]3[C@@H](CCC4=CC(=O)CC[C@@H]43)[C@@H]1CC[C@]2(C)O. The highest BCUT2D eigenvalue weighted by Gasteiger charge is 2.62. The molecule has 0 aliphatic heterocycles. The second-order valence-electron chi connectivity index (χ2n) is 9.06. The molecular formula is C21H32O2. The molecule has 0 spiro atoms. The van der Waals surface area contributed by atoms with E-state index in [0.29, 0.717) is 11.7 Å². The maximum absolute atomic E-state index is 11.8. The predicted octanol–water partition coefficient (Wildman–Crippen LogP) is 4.66. The van der Waals surface area contributed by atoms with Crippen LogP contribution in [0.15, 0.2) is 11.6 Å². The van der Waals surface area contributed by atoms with E-state index in [1.54, 1.807) is 0 Å². The zero-order valence-electron chi connectivity index (χ0n) is 14.8. The Labute approximate surface area is 140 Å². The zero-order chi connectivity index (χ0) is 16.2. The summed E-state index contributed by atoms with van der Waals surface area (Å²) in [7, 11) is 0. The smallest absolute Gasteiger partial charge is 0.155 e. The summed E-state index contributed by atoms with van der Waals surface area (Å²) < 4.78 is 0. The van der Waals surface area contributed by atoms with Gasteiger partial charge in [0.25, 0.3) is 0 Å². The molecule has 3 fully saturated rings. The van der Waals surface area contributed by atoms with Crippen LogP contribution >= 0.6 is 0 Å². The van der Waals surface area contributed by atoms with E-state index >= 15 is 0 Å². The first-order valence-corrected chi connectivity index (χ1v) is 9.94. The Morgan fingerprint density at radius 1 is 1.13 bits per heavy atom. The number of fused-ring (bicyclic) bond motifs is 5. The third-order valence-electron chi connectivity index (χ3n) is 8.22. The molecule has 4 aliphatic carbocycles. The highest BCUT2D eigenvalue weighted by atomic mass is 16.3. The van der Waals surface area contributed by atoms with E-state index in [2.05, 4.69) is 13.8 Å². The fourth-order valence-corrected chi connectivity index (χ4v) is 7.27. The second-order valence-corrected chi connectivity index (χ2v) is 9.06. The molecule has 6 atom stereocenters. The lowest BCUT2D eigenvalue weighted by atomic mass is 9.49. The van der Waals surface area contributed by atoms with Crippen molar-refractivity contribution in [3.05, 3.63) is 11.6 Å². The van der Waals surface area contributed by atoms with Crippen molar-refractivity contribution in [2.75, 3.05) is 0 Å². The van der Waals surface area contributed by atoms with Crippen LogP contribution in [0.3, 0.4) is 0 Å². The molecule has 3 saturated carbocycles. The fraction of sp³-hybridized carbons (Fsp3) is 0.857. The third-order valence-corrected chi connectivity index (χ3v) is 8.22. The van der Waals surface area contributed by atoms with Gasteiger partial charge in [-0.2, -0.15) is 0 Å². The van der Waals surface area contributed by atoms with Crippen molar-refractivity contribution in [2.45, 2.75) is 83.7 Å². The van der Waals surface area contributed by atoms with E-state index in [-0.39, 0.29) is 5.41 Å². The van der Waals surface area contributed by atoms with E-state index in [0.717, 1.165) is 43.4 Å². The molecule has 4 aliphatic rings. The van der Waals surface area contributed by atoms with Gasteiger partial charge in [0.2, 0.25) is 0 Å². The van der Waals surface area contributed by atoms with E-state index in [9.17, 15) is 9.90 Å². The standard InChI is InChI=1S/C21H32O2/c1-3-10-21-12-8-17-16-7-5-15(22)13-14(16)4-6-18(17)19(21)9-11-20(21,2)23/h13,16-19,23H,3-12H2,1-2H3/t16-,17+,18+,19-,20-,21-/m0/s1. The second kappa shape index (κ2) is 5.44. The average Bonchev–Trinajstić information content (AvgIpc) is 2.78. The van der Waals surface area contributed by atoms with Gasteiger partial charge in [0.15, 0.2) is 5.78 Å². The topological polar surface area (TPSA) is 37.3 Å². The molecule has 0 aromatic heterocycles. The first kappa shape index (κ1) is 15.9. The van der Waals surface area contributed by atoms with Gasteiger partial charge in [0, 0.05) is 11.8 Å². The first-order valence-electron chi connectivity index (χ1n) is 9.94. The number of hydrogen-bond acceptors (Lipinski definition) is 2. The lowest BCUT2D eigenvalue weighted by Crippen LogP contribution is -2.53. The molecule has 2 heteroatoms. The van der Waals surface area contributed by atoms with Crippen molar-refractivity contribution in [1.82, 2.24) is 0 Å². The van der Waals surface area contributed by atoms with Crippen molar-refractivity contribution in [3.8, 4) is 0 Å². The lowest BCUT2D eigenvalue weighted by Gasteiger charge is -2.56. The highest BCUT2D eigenvalue weighted by molar-refractivity contribution is 5.91. The van der Waals surface area contributed by atoms with Gasteiger partial charge >= 0.3 is 0 Å². The number of hydrogen-bond donors (Lipinski definition) is 1. The van der Waals surface area contributed by atoms with Crippen molar-refractivity contribution in [2.24, 2.45) is 29.1 Å². The molecule has 1 N–H and O–H groups in total. The van der Waals surface area contributed by atoms with Crippen LogP contribution in [0.1, 0.15) is 78.1 Å². The molecule has 0 heterocycles. The first-order chi connectivity index (χ1) is 11.0.